The summed E-state index contributed by atoms with van der Waals surface area (Å²) in [5.41, 5.74) is 1.41. The highest BCUT2D eigenvalue weighted by atomic mass is 16.5. The molecule has 0 aliphatic carbocycles. The molecule has 2 aromatic rings. The van der Waals surface area contributed by atoms with E-state index in [2.05, 4.69) is 12.2 Å². The fraction of sp³-hybridized carbons (Fsp3) is 0.462. The van der Waals surface area contributed by atoms with E-state index in [-0.39, 0.29) is 17.7 Å². The van der Waals surface area contributed by atoms with Crippen LogP contribution in [0.25, 0.3) is 0 Å². The maximum absolute atomic E-state index is 13.3. The zero-order valence-corrected chi connectivity index (χ0v) is 20.6. The lowest BCUT2D eigenvalue weighted by Crippen LogP contribution is -2.36. The van der Waals surface area contributed by atoms with Gasteiger partial charge in [0.1, 0.15) is 5.75 Å². The van der Waals surface area contributed by atoms with Gasteiger partial charge in [0.25, 0.3) is 5.91 Å². The Hall–Kier alpha value is -3.42. The first-order chi connectivity index (χ1) is 16.5. The Morgan fingerprint density at radius 3 is 2.12 bits per heavy atom. The molecule has 0 spiro atoms. The number of nitrogens with zero attached hydrogens (tertiary/aromatic N) is 1. The molecule has 1 fully saturated rings. The molecule has 1 aliphatic heterocycles. The number of nitrogens with one attached hydrogen (secondary N) is 1. The number of benzene rings is 2. The molecule has 0 unspecified atom stereocenters. The smallest absolute Gasteiger partial charge is 0.253 e. The van der Waals surface area contributed by atoms with Crippen molar-refractivity contribution < 1.29 is 28.5 Å². The van der Waals surface area contributed by atoms with Crippen LogP contribution < -0.4 is 24.3 Å². The van der Waals surface area contributed by atoms with Crippen molar-refractivity contribution in [1.29, 1.82) is 0 Å². The molecular formula is C26H34N2O6. The van der Waals surface area contributed by atoms with Gasteiger partial charge in [0.15, 0.2) is 11.5 Å². The fourth-order valence-corrected chi connectivity index (χ4v) is 4.32. The van der Waals surface area contributed by atoms with Gasteiger partial charge < -0.3 is 29.2 Å². The van der Waals surface area contributed by atoms with Crippen molar-refractivity contribution in [3.8, 4) is 23.0 Å². The van der Waals surface area contributed by atoms with Gasteiger partial charge in [-0.3, -0.25) is 9.59 Å². The summed E-state index contributed by atoms with van der Waals surface area (Å²) in [6.07, 6.45) is 1.89. The zero-order chi connectivity index (χ0) is 24.7. The number of methoxy groups -OCH3 is 4. The molecule has 3 rings (SSSR count). The number of rotatable bonds is 10. The molecule has 1 aliphatic rings. The number of amides is 2. The third-order valence-corrected chi connectivity index (χ3v) is 6.23. The van der Waals surface area contributed by atoms with Gasteiger partial charge in [-0.25, -0.2) is 0 Å². The highest BCUT2D eigenvalue weighted by Gasteiger charge is 2.41. The third-order valence-electron chi connectivity index (χ3n) is 6.23. The number of carbonyl (C=O) groups is 2. The summed E-state index contributed by atoms with van der Waals surface area (Å²) in [6.45, 7) is 3.41. The quantitative estimate of drug-likeness (QED) is 0.535. The monoisotopic (exact) mass is 470 g/mol. The van der Waals surface area contributed by atoms with E-state index < -0.39 is 5.92 Å². The van der Waals surface area contributed by atoms with Crippen molar-refractivity contribution >= 4 is 11.8 Å². The van der Waals surface area contributed by atoms with Crippen LogP contribution in [0.5, 0.6) is 23.0 Å². The van der Waals surface area contributed by atoms with E-state index in [0.717, 1.165) is 18.4 Å². The molecule has 1 heterocycles. The standard InChI is InChI=1S/C26H34N2O6/c1-6-7-12-27-25(29)21-16-28(26(30)17-8-10-19(31-2)11-9-17)15-20(21)18-13-22(32-3)24(34-5)23(14-18)33-4/h8-11,13-14,20-21H,6-7,12,15-16H2,1-5H3,(H,27,29)/t20-,21-/m1/s1. The molecule has 2 atom stereocenters. The Kier molecular flexibility index (Phi) is 8.62. The second-order valence-electron chi connectivity index (χ2n) is 8.25. The minimum atomic E-state index is -0.401. The average molecular weight is 471 g/mol. The van der Waals surface area contributed by atoms with Gasteiger partial charge >= 0.3 is 0 Å². The van der Waals surface area contributed by atoms with Gasteiger partial charge in [0, 0.05) is 31.1 Å². The fourth-order valence-electron chi connectivity index (χ4n) is 4.32. The number of ether oxygens (including phenoxy) is 4. The highest BCUT2D eigenvalue weighted by molar-refractivity contribution is 5.95. The van der Waals surface area contributed by atoms with Gasteiger partial charge in [0.2, 0.25) is 11.7 Å². The number of carbonyl (C=O) groups excluding carboxylic acids is 2. The molecule has 2 aromatic carbocycles. The Bertz CT molecular complexity index is 966. The topological polar surface area (TPSA) is 86.3 Å². The summed E-state index contributed by atoms with van der Waals surface area (Å²) in [4.78, 5) is 28.2. The lowest BCUT2D eigenvalue weighted by Gasteiger charge is -2.21. The van der Waals surface area contributed by atoms with Crippen molar-refractivity contribution in [3.63, 3.8) is 0 Å². The predicted molar refractivity (Wildman–Crippen MR) is 129 cm³/mol. The second kappa shape index (κ2) is 11.6. The van der Waals surface area contributed by atoms with Crippen molar-refractivity contribution in [2.75, 3.05) is 48.1 Å². The number of hydrogen-bond acceptors (Lipinski definition) is 6. The summed E-state index contributed by atoms with van der Waals surface area (Å²) in [7, 11) is 6.25. The SMILES string of the molecule is CCCCNC(=O)[C@@H]1CN(C(=O)c2ccc(OC)cc2)C[C@@H]1c1cc(OC)c(OC)c(OC)c1. The summed E-state index contributed by atoms with van der Waals surface area (Å²) in [5, 5.41) is 3.04. The van der Waals surface area contributed by atoms with Crippen LogP contribution in [0.2, 0.25) is 0 Å². The molecule has 0 aromatic heterocycles. The molecule has 8 nitrogen and oxygen atoms in total. The van der Waals surface area contributed by atoms with Crippen molar-refractivity contribution in [3.05, 3.63) is 47.5 Å². The summed E-state index contributed by atoms with van der Waals surface area (Å²) in [5.74, 6) is 1.40. The Morgan fingerprint density at radius 1 is 0.941 bits per heavy atom. The van der Waals surface area contributed by atoms with Gasteiger partial charge in [-0.15, -0.1) is 0 Å². The van der Waals surface area contributed by atoms with E-state index in [1.54, 1.807) is 57.6 Å². The van der Waals surface area contributed by atoms with Crippen LogP contribution in [0.4, 0.5) is 0 Å². The second-order valence-corrected chi connectivity index (χ2v) is 8.25. The van der Waals surface area contributed by atoms with Crippen molar-refractivity contribution in [2.45, 2.75) is 25.7 Å². The average Bonchev–Trinajstić information content (AvgIpc) is 3.33. The number of unbranched alkanes of at least 4 members (excludes halogenated alkanes) is 1. The van der Waals surface area contributed by atoms with E-state index in [4.69, 9.17) is 18.9 Å². The Balaban J connectivity index is 1.93. The van der Waals surface area contributed by atoms with Crippen molar-refractivity contribution in [1.82, 2.24) is 10.2 Å². The van der Waals surface area contributed by atoms with E-state index in [0.29, 0.717) is 48.2 Å². The van der Waals surface area contributed by atoms with Crippen molar-refractivity contribution in [2.24, 2.45) is 5.92 Å². The van der Waals surface area contributed by atoms with E-state index >= 15 is 0 Å². The molecule has 1 saturated heterocycles. The Labute approximate surface area is 201 Å². The maximum Gasteiger partial charge on any atom is 0.253 e. The van der Waals surface area contributed by atoms with Crippen LogP contribution in [-0.4, -0.2) is 64.8 Å². The Morgan fingerprint density at radius 2 is 1.59 bits per heavy atom. The molecule has 184 valence electrons. The zero-order valence-electron chi connectivity index (χ0n) is 20.6. The van der Waals surface area contributed by atoms with Crippen LogP contribution in [0.3, 0.4) is 0 Å². The summed E-state index contributed by atoms with van der Waals surface area (Å²) in [6, 6.07) is 10.7. The third kappa shape index (κ3) is 5.38. The van der Waals surface area contributed by atoms with Gasteiger partial charge in [-0.2, -0.15) is 0 Å². The van der Waals surface area contributed by atoms with Crippen LogP contribution >= 0.6 is 0 Å². The van der Waals surface area contributed by atoms with Crippen LogP contribution in [0.1, 0.15) is 41.6 Å². The number of likely N-dealkylation sites (tertiary alicyclic amines) is 1. The molecule has 0 bridgehead atoms. The molecule has 34 heavy (non-hydrogen) atoms. The molecule has 0 radical (unpaired) electrons. The number of hydrogen-bond donors (Lipinski definition) is 1. The summed E-state index contributed by atoms with van der Waals surface area (Å²) >= 11 is 0. The molecule has 0 saturated carbocycles. The first kappa shape index (κ1) is 25.2. The first-order valence-corrected chi connectivity index (χ1v) is 11.5. The molecule has 2 amide bonds. The lowest BCUT2D eigenvalue weighted by molar-refractivity contribution is -0.124. The van der Waals surface area contributed by atoms with Gasteiger partial charge in [0.05, 0.1) is 34.4 Å². The van der Waals surface area contributed by atoms with Crippen LogP contribution in [0, 0.1) is 5.92 Å². The van der Waals surface area contributed by atoms with E-state index in [9.17, 15) is 9.59 Å². The highest BCUT2D eigenvalue weighted by Crippen LogP contribution is 2.43. The first-order valence-electron chi connectivity index (χ1n) is 11.5. The van der Waals surface area contributed by atoms with E-state index in [1.165, 1.54) is 0 Å². The minimum Gasteiger partial charge on any atom is -0.497 e. The van der Waals surface area contributed by atoms with Crippen LogP contribution in [0.15, 0.2) is 36.4 Å². The summed E-state index contributed by atoms with van der Waals surface area (Å²) < 4.78 is 21.7. The van der Waals surface area contributed by atoms with Gasteiger partial charge in [-0.05, 0) is 48.4 Å². The van der Waals surface area contributed by atoms with Crippen LogP contribution in [-0.2, 0) is 4.79 Å². The minimum absolute atomic E-state index is 0.0581. The molecular weight excluding hydrogens is 436 g/mol. The van der Waals surface area contributed by atoms with Gasteiger partial charge in [-0.1, -0.05) is 13.3 Å². The normalized spacial score (nSPS) is 17.3. The maximum atomic E-state index is 13.3. The lowest BCUT2D eigenvalue weighted by atomic mass is 9.88. The largest absolute Gasteiger partial charge is 0.497 e. The van der Waals surface area contributed by atoms with E-state index in [1.807, 2.05) is 12.1 Å². The molecule has 8 heteroatoms. The molecule has 1 N–H and O–H groups in total. The predicted octanol–water partition coefficient (Wildman–Crippen LogP) is 3.49.